The van der Waals surface area contributed by atoms with Crippen LogP contribution in [0, 0.1) is 16.0 Å². The van der Waals surface area contributed by atoms with Crippen LogP contribution in [0.25, 0.3) is 0 Å². The van der Waals surface area contributed by atoms with E-state index in [0.717, 1.165) is 19.3 Å². The topological polar surface area (TPSA) is 72.7 Å². The fourth-order valence-corrected chi connectivity index (χ4v) is 2.33. The van der Waals surface area contributed by atoms with Gasteiger partial charge in [-0.15, -0.1) is 0 Å². The number of nitro groups is 1. The van der Waals surface area contributed by atoms with Crippen molar-refractivity contribution < 1.29 is 14.5 Å². The molecule has 0 unspecified atom stereocenters. The fourth-order valence-electron chi connectivity index (χ4n) is 2.33. The number of rotatable bonds is 3. The van der Waals surface area contributed by atoms with Crippen molar-refractivity contribution in [3.05, 3.63) is 34.4 Å². The highest BCUT2D eigenvalue weighted by Crippen LogP contribution is 2.22. The van der Waals surface area contributed by atoms with Crippen molar-refractivity contribution >= 4 is 11.8 Å². The number of carbonyl (C=O) groups excluding carboxylic acids is 1. The lowest BCUT2D eigenvalue weighted by Gasteiger charge is -2.30. The van der Waals surface area contributed by atoms with Gasteiger partial charge in [0.15, 0.2) is 0 Å². The molecule has 1 heterocycles. The van der Waals surface area contributed by atoms with Gasteiger partial charge in [-0.25, -0.2) is 4.79 Å². The predicted octanol–water partition coefficient (Wildman–Crippen LogP) is 3.22. The second kappa shape index (κ2) is 6.36. The molecule has 6 heteroatoms. The summed E-state index contributed by atoms with van der Waals surface area (Å²) in [5, 5.41) is 10.5. The molecule has 1 aromatic carbocycles. The number of nitrogens with zero attached hydrogens (tertiary/aromatic N) is 2. The molecular formula is C14H18N2O4. The fraction of sp³-hybridized carbons (Fsp3) is 0.500. The lowest BCUT2D eigenvalue weighted by atomic mass is 9.95. The first-order valence-electron chi connectivity index (χ1n) is 6.81. The normalized spacial score (nSPS) is 15.9. The first-order chi connectivity index (χ1) is 9.60. The maximum absolute atomic E-state index is 12.0. The summed E-state index contributed by atoms with van der Waals surface area (Å²) in [5.41, 5.74) is -0.0199. The molecule has 1 aliphatic heterocycles. The van der Waals surface area contributed by atoms with E-state index in [1.165, 1.54) is 24.3 Å². The zero-order valence-corrected chi connectivity index (χ0v) is 11.4. The Hall–Kier alpha value is -2.11. The van der Waals surface area contributed by atoms with Crippen molar-refractivity contribution in [2.75, 3.05) is 13.1 Å². The van der Waals surface area contributed by atoms with Crippen LogP contribution in [0.15, 0.2) is 24.3 Å². The van der Waals surface area contributed by atoms with Crippen LogP contribution in [0.2, 0.25) is 0 Å². The highest BCUT2D eigenvalue weighted by molar-refractivity contribution is 5.70. The quantitative estimate of drug-likeness (QED) is 0.628. The Balaban J connectivity index is 1.90. The Labute approximate surface area is 117 Å². The molecule has 108 valence electrons. The highest BCUT2D eigenvalue weighted by Gasteiger charge is 2.23. The molecule has 1 fully saturated rings. The number of non-ortho nitro benzene ring substituents is 1. The Kier molecular flexibility index (Phi) is 4.55. The molecule has 1 amide bonds. The maximum atomic E-state index is 12.0. The summed E-state index contributed by atoms with van der Waals surface area (Å²) in [6.45, 7) is 3.59. The van der Waals surface area contributed by atoms with Crippen molar-refractivity contribution in [2.24, 2.45) is 5.92 Å². The summed E-state index contributed by atoms with van der Waals surface area (Å²) in [5.74, 6) is 1.02. The van der Waals surface area contributed by atoms with E-state index in [-0.39, 0.29) is 11.8 Å². The number of amides is 1. The molecule has 0 atom stereocenters. The van der Waals surface area contributed by atoms with Gasteiger partial charge in [0.1, 0.15) is 5.75 Å². The number of piperidine rings is 1. The van der Waals surface area contributed by atoms with E-state index in [1.54, 1.807) is 4.90 Å². The van der Waals surface area contributed by atoms with Gasteiger partial charge < -0.3 is 9.64 Å². The van der Waals surface area contributed by atoms with Gasteiger partial charge in [-0.2, -0.15) is 0 Å². The molecule has 20 heavy (non-hydrogen) atoms. The molecule has 0 bridgehead atoms. The van der Waals surface area contributed by atoms with Crippen molar-refractivity contribution in [2.45, 2.75) is 26.2 Å². The summed E-state index contributed by atoms with van der Waals surface area (Å²) >= 11 is 0. The number of hydrogen-bond donors (Lipinski definition) is 0. The molecule has 1 aromatic rings. The van der Waals surface area contributed by atoms with Crippen molar-refractivity contribution in [3.8, 4) is 5.75 Å². The summed E-state index contributed by atoms with van der Waals surface area (Å²) in [7, 11) is 0. The van der Waals surface area contributed by atoms with E-state index < -0.39 is 4.92 Å². The lowest BCUT2D eigenvalue weighted by Crippen LogP contribution is -2.40. The second-order valence-electron chi connectivity index (χ2n) is 4.96. The molecule has 0 N–H and O–H groups in total. The standard InChI is InChI=1S/C14H18N2O4/c1-2-11-7-9-15(10-8-11)14(17)20-13-5-3-12(4-6-13)16(18)19/h3-6,11H,2,7-10H2,1H3. The van der Waals surface area contributed by atoms with E-state index in [0.29, 0.717) is 24.8 Å². The number of likely N-dealkylation sites (tertiary alicyclic amines) is 1. The molecular weight excluding hydrogens is 260 g/mol. The minimum Gasteiger partial charge on any atom is -0.410 e. The Morgan fingerprint density at radius 3 is 2.45 bits per heavy atom. The Bertz CT molecular complexity index is 478. The summed E-state index contributed by atoms with van der Waals surface area (Å²) < 4.78 is 5.22. The van der Waals surface area contributed by atoms with Crippen molar-refractivity contribution in [1.29, 1.82) is 0 Å². The van der Waals surface area contributed by atoms with Crippen LogP contribution < -0.4 is 4.74 Å². The summed E-state index contributed by atoms with van der Waals surface area (Å²) in [6, 6.07) is 5.53. The molecule has 0 radical (unpaired) electrons. The number of ether oxygens (including phenoxy) is 1. The second-order valence-corrected chi connectivity index (χ2v) is 4.96. The molecule has 2 rings (SSSR count). The number of nitro benzene ring substituents is 1. The van der Waals surface area contributed by atoms with Crippen LogP contribution in [-0.2, 0) is 0 Å². The van der Waals surface area contributed by atoms with Crippen LogP contribution in [-0.4, -0.2) is 29.0 Å². The van der Waals surface area contributed by atoms with Crippen molar-refractivity contribution in [1.82, 2.24) is 4.90 Å². The third-order valence-corrected chi connectivity index (χ3v) is 3.70. The monoisotopic (exact) mass is 278 g/mol. The number of hydrogen-bond acceptors (Lipinski definition) is 4. The molecule has 0 aromatic heterocycles. The van der Waals surface area contributed by atoms with E-state index in [2.05, 4.69) is 6.92 Å². The molecule has 0 saturated carbocycles. The van der Waals surface area contributed by atoms with Crippen LogP contribution in [0.3, 0.4) is 0 Å². The smallest absolute Gasteiger partial charge is 0.410 e. The van der Waals surface area contributed by atoms with Gasteiger partial charge in [0.2, 0.25) is 0 Å². The van der Waals surface area contributed by atoms with Crippen LogP contribution in [0.4, 0.5) is 10.5 Å². The zero-order valence-electron chi connectivity index (χ0n) is 11.4. The molecule has 0 aliphatic carbocycles. The first-order valence-corrected chi connectivity index (χ1v) is 6.81. The minimum atomic E-state index is -0.485. The van der Waals surface area contributed by atoms with Crippen LogP contribution >= 0.6 is 0 Å². The van der Waals surface area contributed by atoms with Crippen molar-refractivity contribution in [3.63, 3.8) is 0 Å². The predicted molar refractivity (Wildman–Crippen MR) is 73.7 cm³/mol. The minimum absolute atomic E-state index is 0.0199. The van der Waals surface area contributed by atoms with Crippen LogP contribution in [0.5, 0.6) is 5.75 Å². The average Bonchev–Trinajstić information content (AvgIpc) is 2.48. The average molecular weight is 278 g/mol. The van der Waals surface area contributed by atoms with E-state index in [1.807, 2.05) is 0 Å². The highest BCUT2D eigenvalue weighted by atomic mass is 16.6. The lowest BCUT2D eigenvalue weighted by molar-refractivity contribution is -0.384. The molecule has 6 nitrogen and oxygen atoms in total. The van der Waals surface area contributed by atoms with Gasteiger partial charge >= 0.3 is 6.09 Å². The summed E-state index contributed by atoms with van der Waals surface area (Å²) in [4.78, 5) is 23.7. The van der Waals surface area contributed by atoms with Gasteiger partial charge in [-0.3, -0.25) is 10.1 Å². The van der Waals surface area contributed by atoms with Gasteiger partial charge in [0.25, 0.3) is 5.69 Å². The van der Waals surface area contributed by atoms with Gasteiger partial charge in [-0.05, 0) is 30.9 Å². The van der Waals surface area contributed by atoms with Gasteiger partial charge in [0.05, 0.1) is 4.92 Å². The zero-order chi connectivity index (χ0) is 14.5. The first kappa shape index (κ1) is 14.3. The number of benzene rings is 1. The van der Waals surface area contributed by atoms with Gasteiger partial charge in [0, 0.05) is 25.2 Å². The SMILES string of the molecule is CCC1CCN(C(=O)Oc2ccc([N+](=O)[O-])cc2)CC1. The van der Waals surface area contributed by atoms with E-state index >= 15 is 0 Å². The maximum Gasteiger partial charge on any atom is 0.415 e. The summed E-state index contributed by atoms with van der Waals surface area (Å²) in [6.07, 6.45) is 2.77. The van der Waals surface area contributed by atoms with Crippen LogP contribution in [0.1, 0.15) is 26.2 Å². The molecule has 1 saturated heterocycles. The number of carbonyl (C=O) groups is 1. The molecule has 1 aliphatic rings. The Morgan fingerprint density at radius 1 is 1.35 bits per heavy atom. The van der Waals surface area contributed by atoms with E-state index in [9.17, 15) is 14.9 Å². The van der Waals surface area contributed by atoms with Gasteiger partial charge in [-0.1, -0.05) is 13.3 Å². The van der Waals surface area contributed by atoms with E-state index in [4.69, 9.17) is 4.74 Å². The Morgan fingerprint density at radius 2 is 1.95 bits per heavy atom. The third kappa shape index (κ3) is 3.46. The third-order valence-electron chi connectivity index (χ3n) is 3.70. The largest absolute Gasteiger partial charge is 0.415 e. The molecule has 0 spiro atoms.